The highest BCUT2D eigenvalue weighted by molar-refractivity contribution is 6.35. The number of nitrogen functional groups attached to an aromatic ring is 1. The van der Waals surface area contributed by atoms with Gasteiger partial charge in [0.2, 0.25) is 0 Å². The second kappa shape index (κ2) is 7.50. The number of nitrogens with two attached hydrogens (primary N) is 1. The number of ether oxygens (including phenoxy) is 1. The largest absolute Gasteiger partial charge is 0.507 e. The van der Waals surface area contributed by atoms with E-state index in [2.05, 4.69) is 15.3 Å². The zero-order valence-electron chi connectivity index (χ0n) is 14.5. The zero-order chi connectivity index (χ0) is 20.5. The van der Waals surface area contributed by atoms with Gasteiger partial charge in [-0.25, -0.2) is 4.79 Å². The highest BCUT2D eigenvalue weighted by Crippen LogP contribution is 2.30. The van der Waals surface area contributed by atoms with Gasteiger partial charge in [-0.05, 0) is 30.3 Å². The molecule has 0 atom stereocenters. The molecule has 0 radical (unpaired) electrons. The summed E-state index contributed by atoms with van der Waals surface area (Å²) >= 11 is 12.0. The molecule has 29 heavy (non-hydrogen) atoms. The number of anilines is 3. The van der Waals surface area contributed by atoms with Crippen molar-refractivity contribution in [2.24, 2.45) is 0 Å². The fraction of sp³-hybridized carbons (Fsp3) is 0. The second-order valence-corrected chi connectivity index (χ2v) is 6.83. The van der Waals surface area contributed by atoms with Crippen molar-refractivity contribution in [2.75, 3.05) is 11.1 Å². The summed E-state index contributed by atoms with van der Waals surface area (Å²) < 4.78 is 10.7. The molecule has 0 amide bonds. The third-order valence-corrected chi connectivity index (χ3v) is 4.20. The fourth-order valence-electron chi connectivity index (χ4n) is 2.62. The molecule has 2 aromatic heterocycles. The number of hydrogen-bond donors (Lipinski definition) is 3. The van der Waals surface area contributed by atoms with Crippen molar-refractivity contribution in [3.05, 3.63) is 69.0 Å². The number of hydrogen-bond acceptors (Lipinski definition) is 8. The molecule has 0 spiro atoms. The highest BCUT2D eigenvalue weighted by Gasteiger charge is 2.10. The summed E-state index contributed by atoms with van der Waals surface area (Å²) in [6.45, 7) is 0. The van der Waals surface area contributed by atoms with Crippen LogP contribution in [-0.2, 0) is 0 Å². The Kier molecular flexibility index (Phi) is 4.87. The van der Waals surface area contributed by atoms with Gasteiger partial charge in [0.25, 0.3) is 0 Å². The number of fused-ring (bicyclic) bond motifs is 1. The van der Waals surface area contributed by atoms with E-state index in [4.69, 9.17) is 38.1 Å². The molecule has 0 fully saturated rings. The Labute approximate surface area is 173 Å². The van der Waals surface area contributed by atoms with Gasteiger partial charge in [0.15, 0.2) is 0 Å². The van der Waals surface area contributed by atoms with Gasteiger partial charge in [0.05, 0.1) is 11.5 Å². The van der Waals surface area contributed by atoms with E-state index in [1.165, 1.54) is 12.1 Å². The number of aromatic nitrogens is 2. The molecular formula is C19H12Cl2N4O4. The lowest BCUT2D eigenvalue weighted by Crippen LogP contribution is -2.01. The van der Waals surface area contributed by atoms with E-state index in [0.717, 1.165) is 6.07 Å². The summed E-state index contributed by atoms with van der Waals surface area (Å²) in [5.41, 5.74) is 5.92. The van der Waals surface area contributed by atoms with Crippen LogP contribution in [0.5, 0.6) is 17.5 Å². The molecule has 0 aliphatic rings. The third kappa shape index (κ3) is 4.34. The Morgan fingerprint density at radius 3 is 2.55 bits per heavy atom. The van der Waals surface area contributed by atoms with Crippen molar-refractivity contribution in [1.82, 2.24) is 9.97 Å². The molecule has 0 saturated heterocycles. The molecule has 0 saturated carbocycles. The maximum atomic E-state index is 11.4. The average molecular weight is 431 g/mol. The number of benzene rings is 2. The summed E-state index contributed by atoms with van der Waals surface area (Å²) in [5, 5.41) is 14.1. The second-order valence-electron chi connectivity index (χ2n) is 5.95. The van der Waals surface area contributed by atoms with Crippen molar-refractivity contribution in [3.8, 4) is 17.5 Å². The number of nitrogens with one attached hydrogen (secondary N) is 1. The molecule has 0 aliphatic carbocycles. The molecule has 2 aromatic carbocycles. The Morgan fingerprint density at radius 1 is 1.03 bits per heavy atom. The molecule has 146 valence electrons. The standard InChI is InChI=1S/C19H12Cl2N4O4/c20-9-3-10(21)5-11(4-9)23-17-8-16(22)24-19(25-17)28-12-1-2-13-14(26)7-18(27)29-15(13)6-12/h1-8,26H,(H3,22,23,24,25). The summed E-state index contributed by atoms with van der Waals surface area (Å²) in [5.74, 6) is 0.620. The number of nitrogens with zero attached hydrogens (tertiary/aromatic N) is 2. The Morgan fingerprint density at radius 2 is 1.79 bits per heavy atom. The first-order valence-electron chi connectivity index (χ1n) is 8.18. The monoisotopic (exact) mass is 430 g/mol. The van der Waals surface area contributed by atoms with E-state index >= 15 is 0 Å². The van der Waals surface area contributed by atoms with Crippen molar-refractivity contribution < 1.29 is 14.3 Å². The van der Waals surface area contributed by atoms with E-state index < -0.39 is 5.63 Å². The van der Waals surface area contributed by atoms with Gasteiger partial charge in [-0.1, -0.05) is 23.2 Å². The molecule has 0 aliphatic heterocycles. The van der Waals surface area contributed by atoms with Gasteiger partial charge in [-0.3, -0.25) is 0 Å². The van der Waals surface area contributed by atoms with E-state index in [-0.39, 0.29) is 28.9 Å². The molecule has 4 aromatic rings. The van der Waals surface area contributed by atoms with Crippen LogP contribution in [-0.4, -0.2) is 15.1 Å². The van der Waals surface area contributed by atoms with Crippen LogP contribution in [0, 0.1) is 0 Å². The third-order valence-electron chi connectivity index (χ3n) is 3.76. The molecule has 4 rings (SSSR count). The van der Waals surface area contributed by atoms with Crippen molar-refractivity contribution in [1.29, 1.82) is 0 Å². The number of aromatic hydroxyl groups is 1. The summed E-state index contributed by atoms with van der Waals surface area (Å²) in [6, 6.07) is 12.0. The molecule has 4 N–H and O–H groups in total. The summed E-state index contributed by atoms with van der Waals surface area (Å²) in [7, 11) is 0. The normalized spacial score (nSPS) is 10.8. The van der Waals surface area contributed by atoms with Crippen molar-refractivity contribution in [2.45, 2.75) is 0 Å². The van der Waals surface area contributed by atoms with Crippen LogP contribution in [0.3, 0.4) is 0 Å². The Bertz CT molecular complexity index is 1270. The zero-order valence-corrected chi connectivity index (χ0v) is 16.0. The van der Waals surface area contributed by atoms with Crippen LogP contribution in [0.4, 0.5) is 17.3 Å². The summed E-state index contributed by atoms with van der Waals surface area (Å²) in [4.78, 5) is 19.7. The lowest BCUT2D eigenvalue weighted by molar-refractivity contribution is 0.441. The first kappa shape index (κ1) is 18.9. The van der Waals surface area contributed by atoms with Crippen LogP contribution >= 0.6 is 23.2 Å². The van der Waals surface area contributed by atoms with Gasteiger partial charge in [-0.2, -0.15) is 9.97 Å². The van der Waals surface area contributed by atoms with Crippen molar-refractivity contribution in [3.63, 3.8) is 0 Å². The van der Waals surface area contributed by atoms with Crippen LogP contribution in [0.15, 0.2) is 57.7 Å². The van der Waals surface area contributed by atoms with E-state index in [1.807, 2.05) is 0 Å². The van der Waals surface area contributed by atoms with E-state index in [1.54, 1.807) is 30.3 Å². The molecule has 10 heteroatoms. The summed E-state index contributed by atoms with van der Waals surface area (Å²) in [6.07, 6.45) is 0. The lowest BCUT2D eigenvalue weighted by atomic mass is 10.2. The fourth-order valence-corrected chi connectivity index (χ4v) is 3.15. The first-order chi connectivity index (χ1) is 13.9. The van der Waals surface area contributed by atoms with Crippen molar-refractivity contribution >= 4 is 51.5 Å². The number of halogens is 2. The topological polar surface area (TPSA) is 124 Å². The minimum atomic E-state index is -0.681. The molecular weight excluding hydrogens is 419 g/mol. The minimum absolute atomic E-state index is 0.0394. The predicted octanol–water partition coefficient (Wildman–Crippen LogP) is 4.71. The first-order valence-corrected chi connectivity index (χ1v) is 8.94. The molecule has 8 nitrogen and oxygen atoms in total. The van der Waals surface area contributed by atoms with Gasteiger partial charge in [0, 0.05) is 27.9 Å². The van der Waals surface area contributed by atoms with Gasteiger partial charge in [0.1, 0.15) is 28.7 Å². The lowest BCUT2D eigenvalue weighted by Gasteiger charge is -2.10. The van der Waals surface area contributed by atoms with Gasteiger partial charge >= 0.3 is 11.6 Å². The quantitative estimate of drug-likeness (QED) is 0.397. The smallest absolute Gasteiger partial charge is 0.339 e. The molecule has 2 heterocycles. The van der Waals surface area contributed by atoms with Crippen LogP contribution in [0.1, 0.15) is 0 Å². The van der Waals surface area contributed by atoms with Gasteiger partial charge < -0.3 is 25.3 Å². The maximum Gasteiger partial charge on any atom is 0.339 e. The maximum absolute atomic E-state index is 11.4. The molecule has 0 bridgehead atoms. The van der Waals surface area contributed by atoms with Gasteiger partial charge in [-0.15, -0.1) is 0 Å². The van der Waals surface area contributed by atoms with Crippen LogP contribution in [0.25, 0.3) is 11.0 Å². The van der Waals surface area contributed by atoms with Crippen LogP contribution in [0.2, 0.25) is 10.0 Å². The van der Waals surface area contributed by atoms with E-state index in [0.29, 0.717) is 26.9 Å². The van der Waals surface area contributed by atoms with Crippen LogP contribution < -0.4 is 21.4 Å². The minimum Gasteiger partial charge on any atom is -0.507 e. The Hall–Kier alpha value is -3.49. The molecule has 0 unspecified atom stereocenters. The SMILES string of the molecule is Nc1cc(Nc2cc(Cl)cc(Cl)c2)nc(Oc2ccc3c(O)cc(=O)oc3c2)n1. The predicted molar refractivity (Wildman–Crippen MR) is 110 cm³/mol. The Balaban J connectivity index is 1.64. The highest BCUT2D eigenvalue weighted by atomic mass is 35.5. The number of rotatable bonds is 4. The van der Waals surface area contributed by atoms with E-state index in [9.17, 15) is 9.90 Å². The average Bonchev–Trinajstić information content (AvgIpc) is 2.59.